The highest BCUT2D eigenvalue weighted by Gasteiger charge is 2.45. The monoisotopic (exact) mass is 759 g/mol. The zero-order valence-corrected chi connectivity index (χ0v) is 30.3. The molecule has 0 bridgehead atoms. The van der Waals surface area contributed by atoms with E-state index < -0.39 is 52.5 Å². The van der Waals surface area contributed by atoms with Gasteiger partial charge in [0.05, 0.1) is 39.8 Å². The quantitative estimate of drug-likeness (QED) is 0.0908. The minimum absolute atomic E-state index is 0.0120. The van der Waals surface area contributed by atoms with Crippen LogP contribution in [0.3, 0.4) is 0 Å². The first-order valence-electron chi connectivity index (χ1n) is 17.7. The number of ether oxygens (including phenoxy) is 5. The molecule has 0 radical (unpaired) electrons. The molecule has 0 N–H and O–H groups in total. The Kier molecular flexibility index (Phi) is 11.5. The highest BCUT2D eigenvalue weighted by Crippen LogP contribution is 2.30. The van der Waals surface area contributed by atoms with E-state index in [1.165, 1.54) is 3.97 Å². The molecule has 12 heteroatoms. The zero-order valence-electron chi connectivity index (χ0n) is 29.5. The van der Waals surface area contributed by atoms with Crippen LogP contribution in [0.1, 0.15) is 43.1 Å². The number of carbonyl (C=O) groups is 3. The van der Waals surface area contributed by atoms with Crippen molar-refractivity contribution in [2.45, 2.75) is 42.3 Å². The first-order valence-corrected chi connectivity index (χ1v) is 19.1. The minimum atomic E-state index is -3.92. The van der Waals surface area contributed by atoms with Crippen molar-refractivity contribution in [1.82, 2.24) is 3.97 Å². The van der Waals surface area contributed by atoms with E-state index in [-0.39, 0.29) is 42.1 Å². The van der Waals surface area contributed by atoms with Gasteiger partial charge >= 0.3 is 17.9 Å². The first-order chi connectivity index (χ1) is 26.8. The van der Waals surface area contributed by atoms with E-state index in [0.717, 1.165) is 0 Å². The van der Waals surface area contributed by atoms with Gasteiger partial charge in [0.1, 0.15) is 12.7 Å². The number of hydrogen-bond acceptors (Lipinski definition) is 10. The Morgan fingerprint density at radius 2 is 1.18 bits per heavy atom. The normalized spacial score (nSPS) is 18.3. The van der Waals surface area contributed by atoms with Gasteiger partial charge in [0.15, 0.2) is 12.4 Å². The van der Waals surface area contributed by atoms with Gasteiger partial charge in [-0.3, -0.25) is 0 Å². The molecule has 11 nitrogen and oxygen atoms in total. The van der Waals surface area contributed by atoms with E-state index >= 15 is 0 Å². The van der Waals surface area contributed by atoms with Gasteiger partial charge in [0.25, 0.3) is 10.0 Å². The summed E-state index contributed by atoms with van der Waals surface area (Å²) in [6.07, 6.45) is -2.59. The predicted octanol–water partition coefficient (Wildman–Crippen LogP) is 6.86. The molecule has 1 aliphatic heterocycles. The van der Waals surface area contributed by atoms with E-state index in [2.05, 4.69) is 0 Å². The van der Waals surface area contributed by atoms with Crippen molar-refractivity contribution in [3.05, 3.63) is 174 Å². The van der Waals surface area contributed by atoms with Crippen molar-refractivity contribution in [3.63, 3.8) is 0 Å². The Balaban J connectivity index is 1.16. The molecule has 0 spiro atoms. The van der Waals surface area contributed by atoms with Gasteiger partial charge in [-0.15, -0.1) is 0 Å². The van der Waals surface area contributed by atoms with Gasteiger partial charge in [-0.1, -0.05) is 91.0 Å². The maximum absolute atomic E-state index is 13.7. The topological polar surface area (TPSA) is 136 Å². The summed E-state index contributed by atoms with van der Waals surface area (Å²) in [4.78, 5) is 39.9. The molecule has 0 amide bonds. The van der Waals surface area contributed by atoms with Crippen molar-refractivity contribution >= 4 is 38.8 Å². The second-order valence-electron chi connectivity index (χ2n) is 12.8. The highest BCUT2D eigenvalue weighted by atomic mass is 32.2. The second-order valence-corrected chi connectivity index (χ2v) is 14.6. The number of nitrogens with zero attached hydrogens (tertiary/aromatic N) is 1. The number of rotatable bonds is 13. The third kappa shape index (κ3) is 8.68. The van der Waals surface area contributed by atoms with Crippen LogP contribution in [-0.4, -0.2) is 68.1 Å². The number of esters is 3. The summed E-state index contributed by atoms with van der Waals surface area (Å²) in [6, 6.07) is 40.5. The molecule has 1 fully saturated rings. The number of benzene rings is 5. The molecule has 280 valence electrons. The summed E-state index contributed by atoms with van der Waals surface area (Å²) >= 11 is 0. The van der Waals surface area contributed by atoms with E-state index in [9.17, 15) is 22.8 Å². The Hall–Kier alpha value is -6.08. The molecule has 0 unspecified atom stereocenters. The summed E-state index contributed by atoms with van der Waals surface area (Å²) in [5.74, 6) is -1.91. The standard InChI is InChI=1S/C43H37NO10S/c45-40(30-15-5-1-6-16-30)51-29-34-27-38(53-41(46)31-17-7-2-8-18-31)39(54-42(47)32-19-9-3-10-20-32)43(52-34)50-26-25-33-28-44(37-24-14-13-23-36(33)37)55(48,49)35-21-11-4-12-22-35/h1-24,28,34,38-39,43H,25-27,29H2/t34-,38-,39+,43-/m0/s1. The first kappa shape index (κ1) is 37.2. The fourth-order valence-corrected chi connectivity index (χ4v) is 7.77. The Morgan fingerprint density at radius 1 is 0.655 bits per heavy atom. The van der Waals surface area contributed by atoms with Crippen LogP contribution < -0.4 is 0 Å². The minimum Gasteiger partial charge on any atom is -0.459 e. The number of fused-ring (bicyclic) bond motifs is 1. The van der Waals surface area contributed by atoms with Crippen LogP contribution in [0, 0.1) is 0 Å². The summed E-state index contributed by atoms with van der Waals surface area (Å²) in [7, 11) is -3.92. The molecule has 4 atom stereocenters. The zero-order chi connectivity index (χ0) is 38.2. The molecule has 1 saturated heterocycles. The Bertz CT molecular complexity index is 2350. The molecule has 55 heavy (non-hydrogen) atoms. The molecule has 1 aromatic heterocycles. The summed E-state index contributed by atoms with van der Waals surface area (Å²) < 4.78 is 58.9. The van der Waals surface area contributed by atoms with Crippen LogP contribution in [0.5, 0.6) is 0 Å². The van der Waals surface area contributed by atoms with Crippen LogP contribution in [0.25, 0.3) is 10.9 Å². The van der Waals surface area contributed by atoms with Crippen LogP contribution in [-0.2, 0) is 40.1 Å². The average molecular weight is 760 g/mol. The molecule has 1 aliphatic rings. The SMILES string of the molecule is O=C(OC[C@@H]1C[C@H](OC(=O)c2ccccc2)[C@@H](OC(=O)c2ccccc2)[C@@H](OCCc2cn(S(=O)(=O)c3ccccc3)c3ccccc23)O1)c1ccccc1. The molecule has 2 heterocycles. The number of aromatic nitrogens is 1. The smallest absolute Gasteiger partial charge is 0.338 e. The van der Waals surface area contributed by atoms with E-state index in [1.54, 1.807) is 140 Å². The molecular weight excluding hydrogens is 723 g/mol. The summed E-state index contributed by atoms with van der Waals surface area (Å²) in [5, 5.41) is 0.711. The fourth-order valence-electron chi connectivity index (χ4n) is 6.36. The molecule has 0 saturated carbocycles. The van der Waals surface area contributed by atoms with Gasteiger partial charge in [0.2, 0.25) is 0 Å². The lowest BCUT2D eigenvalue weighted by atomic mass is 10.0. The molecule has 5 aromatic carbocycles. The maximum atomic E-state index is 13.7. The van der Waals surface area contributed by atoms with Crippen molar-refractivity contribution in [2.24, 2.45) is 0 Å². The molecule has 6 aromatic rings. The fraction of sp³-hybridized carbons (Fsp3) is 0.186. The average Bonchev–Trinajstić information content (AvgIpc) is 3.61. The van der Waals surface area contributed by atoms with Gasteiger partial charge in [-0.25, -0.2) is 26.8 Å². The lowest BCUT2D eigenvalue weighted by Gasteiger charge is -2.40. The number of hydrogen-bond donors (Lipinski definition) is 0. The third-order valence-corrected chi connectivity index (χ3v) is 10.8. The summed E-state index contributed by atoms with van der Waals surface area (Å²) in [6.45, 7) is -0.226. The van der Waals surface area contributed by atoms with E-state index in [0.29, 0.717) is 22.0 Å². The Morgan fingerprint density at radius 3 is 1.80 bits per heavy atom. The van der Waals surface area contributed by atoms with E-state index in [1.807, 2.05) is 12.1 Å². The lowest BCUT2D eigenvalue weighted by Crippen LogP contribution is -2.54. The predicted molar refractivity (Wildman–Crippen MR) is 202 cm³/mol. The van der Waals surface area contributed by atoms with Gasteiger partial charge in [-0.2, -0.15) is 0 Å². The third-order valence-electron chi connectivity index (χ3n) is 9.10. The largest absolute Gasteiger partial charge is 0.459 e. The molecular formula is C43H37NO10S. The maximum Gasteiger partial charge on any atom is 0.338 e. The Labute approximate surface area is 318 Å². The van der Waals surface area contributed by atoms with Gasteiger partial charge < -0.3 is 23.7 Å². The van der Waals surface area contributed by atoms with Crippen molar-refractivity contribution in [3.8, 4) is 0 Å². The summed E-state index contributed by atoms with van der Waals surface area (Å²) in [5.41, 5.74) is 2.08. The van der Waals surface area contributed by atoms with Crippen LogP contribution in [0.2, 0.25) is 0 Å². The van der Waals surface area contributed by atoms with Crippen LogP contribution in [0.4, 0.5) is 0 Å². The van der Waals surface area contributed by atoms with Crippen LogP contribution >= 0.6 is 0 Å². The van der Waals surface area contributed by atoms with Crippen LogP contribution in [0.15, 0.2) is 157 Å². The second kappa shape index (κ2) is 16.9. The van der Waals surface area contributed by atoms with E-state index in [4.69, 9.17) is 23.7 Å². The molecule has 7 rings (SSSR count). The van der Waals surface area contributed by atoms with Gasteiger partial charge in [0, 0.05) is 18.0 Å². The van der Waals surface area contributed by atoms with Crippen molar-refractivity contribution < 1.29 is 46.5 Å². The molecule has 0 aliphatic carbocycles. The van der Waals surface area contributed by atoms with Crippen molar-refractivity contribution in [2.75, 3.05) is 13.2 Å². The highest BCUT2D eigenvalue weighted by molar-refractivity contribution is 7.90. The number of carbonyl (C=O) groups excluding carboxylic acids is 3. The van der Waals surface area contributed by atoms with Crippen molar-refractivity contribution in [1.29, 1.82) is 0 Å². The lowest BCUT2D eigenvalue weighted by molar-refractivity contribution is -0.269. The van der Waals surface area contributed by atoms with Gasteiger partial charge in [-0.05, 0) is 66.6 Å². The number of para-hydroxylation sites is 1.